The minimum Gasteiger partial charge on any atom is -0.379 e. The molecule has 2 aliphatic heterocycles. The fourth-order valence-corrected chi connectivity index (χ4v) is 4.16. The van der Waals surface area contributed by atoms with E-state index in [0.29, 0.717) is 25.7 Å². The smallest absolute Gasteiger partial charge is 0.191 e. The average molecular weight is 557 g/mol. The van der Waals surface area contributed by atoms with Crippen LogP contribution < -0.4 is 10.6 Å². The normalized spacial score (nSPS) is 18.9. The second-order valence-electron chi connectivity index (χ2n) is 7.87. The largest absolute Gasteiger partial charge is 0.379 e. The van der Waals surface area contributed by atoms with Crippen molar-refractivity contribution in [1.82, 2.24) is 9.80 Å². The zero-order valence-corrected chi connectivity index (χ0v) is 20.3. The van der Waals surface area contributed by atoms with Gasteiger partial charge in [0.05, 0.1) is 25.8 Å². The van der Waals surface area contributed by atoms with Gasteiger partial charge in [0.1, 0.15) is 11.6 Å². The fourth-order valence-electron chi connectivity index (χ4n) is 4.16. The molecule has 2 N–H and O–H groups in total. The van der Waals surface area contributed by atoms with Gasteiger partial charge in [-0.15, -0.1) is 24.0 Å². The minimum absolute atomic E-state index is 0. The summed E-state index contributed by atoms with van der Waals surface area (Å²) < 4.78 is 32.5. The molecule has 2 heterocycles. The molecule has 0 bridgehead atoms. The number of aliphatic imine (C=N–C) groups is 1. The number of nitrogens with zero attached hydrogens (tertiary/aromatic N) is 4. The van der Waals surface area contributed by atoms with Crippen LogP contribution in [0.5, 0.6) is 0 Å². The number of nitrogens with two attached hydrogens (primary N) is 1. The molecule has 0 aliphatic carbocycles. The molecule has 9 heteroatoms. The van der Waals surface area contributed by atoms with Crippen LogP contribution in [-0.2, 0) is 4.74 Å². The van der Waals surface area contributed by atoms with Gasteiger partial charge in [0.25, 0.3) is 0 Å². The molecule has 2 saturated heterocycles. The van der Waals surface area contributed by atoms with Gasteiger partial charge < -0.3 is 20.3 Å². The van der Waals surface area contributed by atoms with Crippen molar-refractivity contribution in [1.29, 1.82) is 0 Å². The quantitative estimate of drug-likeness (QED) is 0.348. The van der Waals surface area contributed by atoms with Gasteiger partial charge in [0.15, 0.2) is 5.96 Å². The van der Waals surface area contributed by atoms with Gasteiger partial charge in [0.2, 0.25) is 0 Å². The van der Waals surface area contributed by atoms with Crippen LogP contribution in [0, 0.1) is 11.6 Å². The van der Waals surface area contributed by atoms with Crippen molar-refractivity contribution < 1.29 is 13.5 Å². The van der Waals surface area contributed by atoms with Gasteiger partial charge in [-0.3, -0.25) is 9.89 Å². The van der Waals surface area contributed by atoms with Gasteiger partial charge >= 0.3 is 0 Å². The van der Waals surface area contributed by atoms with Crippen LogP contribution in [0.15, 0.2) is 53.5 Å². The van der Waals surface area contributed by atoms with Crippen molar-refractivity contribution in [2.75, 3.05) is 63.9 Å². The van der Waals surface area contributed by atoms with Crippen LogP contribution >= 0.6 is 24.0 Å². The molecule has 1 unspecified atom stereocenters. The Hall–Kier alpha value is -1.98. The topological polar surface area (TPSA) is 57.3 Å². The number of hydrogen-bond donors (Lipinski definition) is 1. The van der Waals surface area contributed by atoms with Crippen LogP contribution in [-0.4, -0.2) is 74.8 Å². The number of morpholine rings is 1. The first-order chi connectivity index (χ1) is 15.1. The zero-order valence-electron chi connectivity index (χ0n) is 18.0. The van der Waals surface area contributed by atoms with E-state index in [9.17, 15) is 8.78 Å². The second-order valence-corrected chi connectivity index (χ2v) is 7.87. The van der Waals surface area contributed by atoms with Crippen LogP contribution in [0.25, 0.3) is 0 Å². The molecule has 174 valence electrons. The number of hydrogen-bond acceptors (Lipinski definition) is 4. The predicted octanol–water partition coefficient (Wildman–Crippen LogP) is 3.09. The van der Waals surface area contributed by atoms with Crippen molar-refractivity contribution >= 4 is 35.6 Å². The third-order valence-corrected chi connectivity index (χ3v) is 5.94. The lowest BCUT2D eigenvalue weighted by molar-refractivity contribution is 0.0179. The third kappa shape index (κ3) is 6.29. The molecule has 0 saturated carbocycles. The number of piperazine rings is 1. The van der Waals surface area contributed by atoms with Gasteiger partial charge in [-0.25, -0.2) is 8.78 Å². The Morgan fingerprint density at radius 2 is 1.62 bits per heavy atom. The summed E-state index contributed by atoms with van der Waals surface area (Å²) in [6.07, 6.45) is 0. The first-order valence-electron chi connectivity index (χ1n) is 10.7. The predicted molar refractivity (Wildman–Crippen MR) is 134 cm³/mol. The molecule has 0 spiro atoms. The Kier molecular flexibility index (Phi) is 9.06. The summed E-state index contributed by atoms with van der Waals surface area (Å²) >= 11 is 0. The Morgan fingerprint density at radius 3 is 2.28 bits per heavy atom. The Morgan fingerprint density at radius 1 is 0.938 bits per heavy atom. The number of halogens is 3. The van der Waals surface area contributed by atoms with E-state index in [2.05, 4.69) is 19.7 Å². The van der Waals surface area contributed by atoms with Gasteiger partial charge in [0, 0.05) is 45.0 Å². The van der Waals surface area contributed by atoms with E-state index in [4.69, 9.17) is 10.5 Å². The summed E-state index contributed by atoms with van der Waals surface area (Å²) in [6.45, 7) is 6.43. The summed E-state index contributed by atoms with van der Waals surface area (Å²) in [4.78, 5) is 11.3. The SMILES string of the molecule is I.NC(=NCC(c1cccc(F)c1)N1CCOCC1)N1CCN(c2ccc(F)cc2)CC1. The molecule has 32 heavy (non-hydrogen) atoms. The Bertz CT molecular complexity index is 884. The Balaban J connectivity index is 0.00000289. The monoisotopic (exact) mass is 557 g/mol. The summed E-state index contributed by atoms with van der Waals surface area (Å²) in [7, 11) is 0. The van der Waals surface area contributed by atoms with Gasteiger partial charge in [-0.2, -0.15) is 0 Å². The van der Waals surface area contributed by atoms with Gasteiger partial charge in [-0.1, -0.05) is 12.1 Å². The molecule has 4 rings (SSSR count). The number of rotatable bonds is 5. The van der Waals surface area contributed by atoms with Crippen molar-refractivity contribution in [3.8, 4) is 0 Å². The third-order valence-electron chi connectivity index (χ3n) is 5.94. The lowest BCUT2D eigenvalue weighted by Crippen LogP contribution is -2.51. The average Bonchev–Trinajstić information content (AvgIpc) is 2.80. The molecular weight excluding hydrogens is 527 g/mol. The highest BCUT2D eigenvalue weighted by atomic mass is 127. The molecule has 2 fully saturated rings. The van der Waals surface area contributed by atoms with Crippen LogP contribution in [0.3, 0.4) is 0 Å². The van der Waals surface area contributed by atoms with Crippen molar-refractivity contribution in [3.63, 3.8) is 0 Å². The molecule has 0 radical (unpaired) electrons. The molecular formula is C23H30F2IN5O. The van der Waals surface area contributed by atoms with E-state index in [1.165, 1.54) is 18.2 Å². The van der Waals surface area contributed by atoms with Crippen molar-refractivity contribution in [2.24, 2.45) is 10.7 Å². The highest BCUT2D eigenvalue weighted by molar-refractivity contribution is 14.0. The first kappa shape index (κ1) is 24.7. The highest BCUT2D eigenvalue weighted by Gasteiger charge is 2.24. The summed E-state index contributed by atoms with van der Waals surface area (Å²) in [5.74, 6) is 0.0323. The highest BCUT2D eigenvalue weighted by Crippen LogP contribution is 2.23. The van der Waals surface area contributed by atoms with E-state index in [-0.39, 0.29) is 41.7 Å². The standard InChI is InChI=1S/C23H29F2N5O.HI/c24-19-4-6-21(7-5-19)28-8-10-30(11-9-28)23(26)27-17-22(29-12-14-31-15-13-29)18-2-1-3-20(25)16-18;/h1-7,16,22H,8-15,17H2,(H2,26,27);1H. The maximum absolute atomic E-state index is 13.8. The number of guanidine groups is 1. The second kappa shape index (κ2) is 11.8. The number of anilines is 1. The minimum atomic E-state index is -0.246. The zero-order chi connectivity index (χ0) is 21.6. The summed E-state index contributed by atoms with van der Waals surface area (Å²) in [5, 5.41) is 0. The van der Waals surface area contributed by atoms with E-state index in [0.717, 1.165) is 50.5 Å². The van der Waals surface area contributed by atoms with Crippen molar-refractivity contribution in [2.45, 2.75) is 6.04 Å². The van der Waals surface area contributed by atoms with E-state index in [1.807, 2.05) is 6.07 Å². The van der Waals surface area contributed by atoms with Crippen molar-refractivity contribution in [3.05, 3.63) is 65.7 Å². The molecule has 2 aromatic rings. The molecule has 2 aliphatic rings. The van der Waals surface area contributed by atoms with Crippen LogP contribution in [0.2, 0.25) is 0 Å². The Labute approximate surface area is 205 Å². The lowest BCUT2D eigenvalue weighted by atomic mass is 10.0. The lowest BCUT2D eigenvalue weighted by Gasteiger charge is -2.37. The summed E-state index contributed by atoms with van der Waals surface area (Å²) in [6, 6.07) is 13.2. The van der Waals surface area contributed by atoms with E-state index in [1.54, 1.807) is 24.3 Å². The van der Waals surface area contributed by atoms with E-state index >= 15 is 0 Å². The molecule has 1 atom stereocenters. The van der Waals surface area contributed by atoms with Crippen LogP contribution in [0.4, 0.5) is 14.5 Å². The van der Waals surface area contributed by atoms with Gasteiger partial charge in [-0.05, 0) is 42.0 Å². The van der Waals surface area contributed by atoms with E-state index < -0.39 is 0 Å². The molecule has 2 aromatic carbocycles. The fraction of sp³-hybridized carbons (Fsp3) is 0.435. The van der Waals surface area contributed by atoms with Crippen LogP contribution in [0.1, 0.15) is 11.6 Å². The molecule has 0 aromatic heterocycles. The maximum atomic E-state index is 13.8. The number of ether oxygens (including phenoxy) is 1. The molecule has 6 nitrogen and oxygen atoms in total. The summed E-state index contributed by atoms with van der Waals surface area (Å²) in [5.41, 5.74) is 8.24. The number of benzene rings is 2. The maximum Gasteiger partial charge on any atom is 0.191 e. The molecule has 0 amide bonds. The first-order valence-corrected chi connectivity index (χ1v) is 10.7.